The molecule has 0 spiro atoms. The van der Waals surface area contributed by atoms with Crippen LogP contribution in [0.2, 0.25) is 5.02 Å². The van der Waals surface area contributed by atoms with E-state index in [0.717, 1.165) is 17.5 Å². The second kappa shape index (κ2) is 6.93. The minimum Gasteiger partial charge on any atom is -0.327 e. The molecular formula is C22H17ClFNO. The molecule has 1 aliphatic rings. The Labute approximate surface area is 156 Å². The summed E-state index contributed by atoms with van der Waals surface area (Å²) in [4.78, 5) is 14.9. The number of hydrogen-bond donors (Lipinski definition) is 0. The average Bonchev–Trinajstić information content (AvgIpc) is 2.68. The highest BCUT2D eigenvalue weighted by Gasteiger charge is 2.33. The molecule has 0 radical (unpaired) electrons. The Balaban J connectivity index is 1.82. The largest absolute Gasteiger partial charge is 0.327 e. The van der Waals surface area contributed by atoms with Crippen LogP contribution in [0.25, 0.3) is 0 Å². The van der Waals surface area contributed by atoms with Crippen LogP contribution in [-0.4, -0.2) is 17.4 Å². The molecule has 4 rings (SSSR count). The van der Waals surface area contributed by atoms with Gasteiger partial charge in [0.25, 0.3) is 5.91 Å². The lowest BCUT2D eigenvalue weighted by atomic mass is 9.87. The maximum absolute atomic E-state index is 14.6. The number of fused-ring (bicyclic) bond motifs is 1. The molecule has 2 nitrogen and oxygen atoms in total. The maximum Gasteiger partial charge on any atom is 0.254 e. The molecule has 3 aromatic carbocycles. The fourth-order valence-corrected chi connectivity index (χ4v) is 3.70. The van der Waals surface area contributed by atoms with Gasteiger partial charge < -0.3 is 4.90 Å². The van der Waals surface area contributed by atoms with Crippen molar-refractivity contribution in [3.8, 4) is 0 Å². The van der Waals surface area contributed by atoms with Crippen molar-refractivity contribution in [3.63, 3.8) is 0 Å². The van der Waals surface area contributed by atoms with E-state index in [0.29, 0.717) is 22.7 Å². The Morgan fingerprint density at radius 1 is 0.923 bits per heavy atom. The summed E-state index contributed by atoms with van der Waals surface area (Å²) in [5.41, 5.74) is 3.20. The van der Waals surface area contributed by atoms with E-state index in [-0.39, 0.29) is 11.7 Å². The number of benzene rings is 3. The van der Waals surface area contributed by atoms with Crippen LogP contribution in [0.3, 0.4) is 0 Å². The number of nitrogens with zero attached hydrogens (tertiary/aromatic N) is 1. The van der Waals surface area contributed by atoms with Gasteiger partial charge >= 0.3 is 0 Å². The molecule has 26 heavy (non-hydrogen) atoms. The molecule has 1 aliphatic heterocycles. The van der Waals surface area contributed by atoms with Gasteiger partial charge in [0, 0.05) is 22.7 Å². The van der Waals surface area contributed by atoms with Gasteiger partial charge in [-0.2, -0.15) is 0 Å². The number of halogens is 2. The van der Waals surface area contributed by atoms with Gasteiger partial charge in [0.2, 0.25) is 0 Å². The predicted octanol–water partition coefficient (Wildman–Crippen LogP) is 5.27. The van der Waals surface area contributed by atoms with E-state index in [4.69, 9.17) is 11.6 Å². The Kier molecular flexibility index (Phi) is 4.48. The molecule has 0 aromatic heterocycles. The Hall–Kier alpha value is -2.65. The van der Waals surface area contributed by atoms with Crippen LogP contribution in [0, 0.1) is 5.82 Å². The second-order valence-corrected chi connectivity index (χ2v) is 6.81. The van der Waals surface area contributed by atoms with Gasteiger partial charge in [0.15, 0.2) is 0 Å². The summed E-state index contributed by atoms with van der Waals surface area (Å²) < 4.78 is 14.6. The Morgan fingerprint density at radius 3 is 2.31 bits per heavy atom. The summed E-state index contributed by atoms with van der Waals surface area (Å²) in [7, 11) is 0. The van der Waals surface area contributed by atoms with E-state index in [1.54, 1.807) is 47.4 Å². The predicted molar refractivity (Wildman–Crippen MR) is 101 cm³/mol. The van der Waals surface area contributed by atoms with Gasteiger partial charge in [-0.1, -0.05) is 54.1 Å². The van der Waals surface area contributed by atoms with E-state index in [2.05, 4.69) is 0 Å². The fourth-order valence-electron chi connectivity index (χ4n) is 3.58. The van der Waals surface area contributed by atoms with Crippen molar-refractivity contribution in [1.29, 1.82) is 0 Å². The number of amides is 1. The highest BCUT2D eigenvalue weighted by molar-refractivity contribution is 6.30. The second-order valence-electron chi connectivity index (χ2n) is 6.38. The first-order valence-electron chi connectivity index (χ1n) is 8.54. The zero-order valence-corrected chi connectivity index (χ0v) is 14.8. The van der Waals surface area contributed by atoms with Gasteiger partial charge in [-0.3, -0.25) is 4.79 Å². The number of rotatable bonds is 2. The van der Waals surface area contributed by atoms with E-state index in [1.807, 2.05) is 24.3 Å². The number of carbonyl (C=O) groups excluding carboxylic acids is 1. The SMILES string of the molecule is O=C(c1ccc(Cl)cc1)N1CCc2ccccc2C1c1ccccc1F. The molecule has 0 N–H and O–H groups in total. The van der Waals surface area contributed by atoms with Crippen molar-refractivity contribution in [2.45, 2.75) is 12.5 Å². The van der Waals surface area contributed by atoms with E-state index in [9.17, 15) is 9.18 Å². The van der Waals surface area contributed by atoms with Crippen molar-refractivity contribution < 1.29 is 9.18 Å². The molecule has 0 saturated heterocycles. The molecule has 1 amide bonds. The molecule has 0 bridgehead atoms. The molecule has 3 aromatic rings. The van der Waals surface area contributed by atoms with E-state index < -0.39 is 6.04 Å². The standard InChI is InChI=1S/C22H17ClFNO/c23-17-11-9-16(10-12-17)22(26)25-14-13-15-5-1-2-6-18(15)21(25)19-7-3-4-8-20(19)24/h1-12,21H,13-14H2. The number of carbonyl (C=O) groups is 1. The molecule has 0 saturated carbocycles. The first-order valence-corrected chi connectivity index (χ1v) is 8.92. The van der Waals surface area contributed by atoms with Crippen molar-refractivity contribution in [1.82, 2.24) is 4.90 Å². The molecule has 130 valence electrons. The molecule has 4 heteroatoms. The van der Waals surface area contributed by atoms with E-state index >= 15 is 0 Å². The van der Waals surface area contributed by atoms with Crippen LogP contribution in [-0.2, 0) is 6.42 Å². The summed E-state index contributed by atoms with van der Waals surface area (Å²) in [5, 5.41) is 0.580. The molecule has 1 heterocycles. The molecular weight excluding hydrogens is 349 g/mol. The monoisotopic (exact) mass is 365 g/mol. The molecule has 1 atom stereocenters. The van der Waals surface area contributed by atoms with Crippen molar-refractivity contribution in [2.75, 3.05) is 6.54 Å². The van der Waals surface area contributed by atoms with Crippen LogP contribution < -0.4 is 0 Å². The van der Waals surface area contributed by atoms with Crippen LogP contribution in [0.5, 0.6) is 0 Å². The minimum absolute atomic E-state index is 0.121. The Bertz CT molecular complexity index is 954. The first kappa shape index (κ1) is 16.8. The lowest BCUT2D eigenvalue weighted by molar-refractivity contribution is 0.0692. The lowest BCUT2D eigenvalue weighted by Gasteiger charge is -2.38. The highest BCUT2D eigenvalue weighted by atomic mass is 35.5. The zero-order chi connectivity index (χ0) is 18.1. The number of hydrogen-bond acceptors (Lipinski definition) is 1. The fraction of sp³-hybridized carbons (Fsp3) is 0.136. The quantitative estimate of drug-likeness (QED) is 0.606. The average molecular weight is 366 g/mol. The summed E-state index contributed by atoms with van der Waals surface area (Å²) in [6.45, 7) is 0.539. The molecule has 1 unspecified atom stereocenters. The maximum atomic E-state index is 14.6. The third-order valence-corrected chi connectivity index (χ3v) is 5.09. The minimum atomic E-state index is -0.440. The van der Waals surface area contributed by atoms with E-state index in [1.165, 1.54) is 6.07 Å². The van der Waals surface area contributed by atoms with Crippen LogP contribution in [0.4, 0.5) is 4.39 Å². The topological polar surface area (TPSA) is 20.3 Å². The zero-order valence-electron chi connectivity index (χ0n) is 14.0. The summed E-state index contributed by atoms with van der Waals surface area (Å²) in [5.74, 6) is -0.424. The summed E-state index contributed by atoms with van der Waals surface area (Å²) >= 11 is 5.94. The highest BCUT2D eigenvalue weighted by Crippen LogP contribution is 2.37. The smallest absolute Gasteiger partial charge is 0.254 e. The lowest BCUT2D eigenvalue weighted by Crippen LogP contribution is -2.41. The van der Waals surface area contributed by atoms with Crippen LogP contribution in [0.1, 0.15) is 33.1 Å². The van der Waals surface area contributed by atoms with Crippen molar-refractivity contribution in [3.05, 3.63) is 106 Å². The Morgan fingerprint density at radius 2 is 1.58 bits per heavy atom. The van der Waals surface area contributed by atoms with Gasteiger partial charge in [-0.25, -0.2) is 4.39 Å². The first-order chi connectivity index (χ1) is 12.6. The van der Waals surface area contributed by atoms with Gasteiger partial charge in [0.1, 0.15) is 5.82 Å². The van der Waals surface area contributed by atoms with Crippen LogP contribution in [0.15, 0.2) is 72.8 Å². The van der Waals surface area contributed by atoms with Gasteiger partial charge in [-0.15, -0.1) is 0 Å². The molecule has 0 aliphatic carbocycles. The van der Waals surface area contributed by atoms with Crippen molar-refractivity contribution >= 4 is 17.5 Å². The summed E-state index contributed by atoms with van der Waals surface area (Å²) in [6.07, 6.45) is 0.750. The van der Waals surface area contributed by atoms with Crippen molar-refractivity contribution in [2.24, 2.45) is 0 Å². The van der Waals surface area contributed by atoms with Gasteiger partial charge in [0.05, 0.1) is 6.04 Å². The molecule has 0 fully saturated rings. The van der Waals surface area contributed by atoms with Gasteiger partial charge in [-0.05, 0) is 47.9 Å². The third kappa shape index (κ3) is 2.99. The van der Waals surface area contributed by atoms with Crippen LogP contribution >= 0.6 is 11.6 Å². The normalized spacial score (nSPS) is 16.2. The third-order valence-electron chi connectivity index (χ3n) is 4.84. The summed E-state index contributed by atoms with van der Waals surface area (Å²) in [6, 6.07) is 21.0.